The van der Waals surface area contributed by atoms with Crippen molar-refractivity contribution in [2.24, 2.45) is 0 Å². The van der Waals surface area contributed by atoms with Gasteiger partial charge in [0.25, 0.3) is 0 Å². The third kappa shape index (κ3) is 4.76. The number of ether oxygens (including phenoxy) is 4. The molecule has 1 saturated heterocycles. The lowest BCUT2D eigenvalue weighted by molar-refractivity contribution is -0.189. The highest BCUT2D eigenvalue weighted by atomic mass is 32.2. The maximum absolute atomic E-state index is 12.6. The van der Waals surface area contributed by atoms with Crippen molar-refractivity contribution in [3.8, 4) is 5.75 Å². The van der Waals surface area contributed by atoms with Crippen LogP contribution in [-0.2, 0) is 25.6 Å². The molecule has 138 valence electrons. The van der Waals surface area contributed by atoms with E-state index < -0.39 is 11.9 Å². The molecule has 1 unspecified atom stereocenters. The molecule has 25 heavy (non-hydrogen) atoms. The fourth-order valence-corrected chi connectivity index (χ4v) is 3.61. The lowest BCUT2D eigenvalue weighted by Gasteiger charge is -2.33. The molecule has 0 saturated carbocycles. The fraction of sp³-hybridized carbons (Fsp3) is 0.632. The molecule has 2 heterocycles. The van der Waals surface area contributed by atoms with Crippen LogP contribution in [0.15, 0.2) is 18.2 Å². The first-order valence-corrected chi connectivity index (χ1v) is 9.86. The standard InChI is InChI=1S/C19H26O5S/c1-4-25-18(20)17(23-16-7-5-6-10-21-16)13-8-9-15-14(11-13)12-22-19(2,3)24-15/h8-9,11,16-17H,4-7,10,12H2,1-3H3/t16?,17-/m1/s1. The highest BCUT2D eigenvalue weighted by molar-refractivity contribution is 8.13. The molecule has 1 fully saturated rings. The average molecular weight is 366 g/mol. The third-order valence-electron chi connectivity index (χ3n) is 4.24. The van der Waals surface area contributed by atoms with Crippen molar-refractivity contribution in [2.45, 2.75) is 64.8 Å². The van der Waals surface area contributed by atoms with Crippen molar-refractivity contribution >= 4 is 16.9 Å². The van der Waals surface area contributed by atoms with Crippen LogP contribution in [0.2, 0.25) is 0 Å². The van der Waals surface area contributed by atoms with Crippen molar-refractivity contribution in [3.63, 3.8) is 0 Å². The predicted octanol–water partition coefficient (Wildman–Crippen LogP) is 4.20. The van der Waals surface area contributed by atoms with Gasteiger partial charge in [-0.15, -0.1) is 0 Å². The molecule has 0 spiro atoms. The summed E-state index contributed by atoms with van der Waals surface area (Å²) < 4.78 is 23.3. The molecule has 6 heteroatoms. The van der Waals surface area contributed by atoms with Gasteiger partial charge in [-0.05, 0) is 42.7 Å². The van der Waals surface area contributed by atoms with Gasteiger partial charge < -0.3 is 18.9 Å². The van der Waals surface area contributed by atoms with Crippen LogP contribution < -0.4 is 4.74 Å². The van der Waals surface area contributed by atoms with Crippen LogP contribution in [0.3, 0.4) is 0 Å². The topological polar surface area (TPSA) is 54.0 Å². The maximum Gasteiger partial charge on any atom is 0.222 e. The highest BCUT2D eigenvalue weighted by Crippen LogP contribution is 2.35. The van der Waals surface area contributed by atoms with E-state index in [1.807, 2.05) is 39.0 Å². The van der Waals surface area contributed by atoms with E-state index in [0.29, 0.717) is 13.2 Å². The number of carbonyl (C=O) groups excluding carboxylic acids is 1. The number of thioether (sulfide) groups is 1. The summed E-state index contributed by atoms with van der Waals surface area (Å²) in [6.45, 7) is 6.88. The van der Waals surface area contributed by atoms with E-state index in [4.69, 9.17) is 18.9 Å². The van der Waals surface area contributed by atoms with Crippen LogP contribution in [0.1, 0.15) is 57.3 Å². The quantitative estimate of drug-likeness (QED) is 0.779. The van der Waals surface area contributed by atoms with Gasteiger partial charge in [-0.2, -0.15) is 0 Å². The highest BCUT2D eigenvalue weighted by Gasteiger charge is 2.31. The molecule has 0 bridgehead atoms. The lowest BCUT2D eigenvalue weighted by atomic mass is 10.0. The molecule has 0 radical (unpaired) electrons. The zero-order valence-electron chi connectivity index (χ0n) is 15.1. The van der Waals surface area contributed by atoms with E-state index in [-0.39, 0.29) is 11.4 Å². The van der Waals surface area contributed by atoms with E-state index in [0.717, 1.165) is 41.9 Å². The van der Waals surface area contributed by atoms with Gasteiger partial charge in [-0.3, -0.25) is 4.79 Å². The zero-order valence-corrected chi connectivity index (χ0v) is 15.9. The number of rotatable bonds is 5. The minimum Gasteiger partial charge on any atom is -0.463 e. The molecule has 2 aliphatic heterocycles. The van der Waals surface area contributed by atoms with Crippen molar-refractivity contribution in [2.75, 3.05) is 12.4 Å². The van der Waals surface area contributed by atoms with Crippen LogP contribution >= 0.6 is 11.8 Å². The fourth-order valence-electron chi connectivity index (χ4n) is 2.98. The second-order valence-electron chi connectivity index (χ2n) is 6.72. The van der Waals surface area contributed by atoms with Crippen LogP contribution in [0.25, 0.3) is 0 Å². The second kappa shape index (κ2) is 8.08. The van der Waals surface area contributed by atoms with Crippen molar-refractivity contribution in [1.82, 2.24) is 0 Å². The van der Waals surface area contributed by atoms with Gasteiger partial charge in [-0.25, -0.2) is 0 Å². The van der Waals surface area contributed by atoms with Crippen LogP contribution in [0, 0.1) is 0 Å². The molecular weight excluding hydrogens is 340 g/mol. The Kier molecular flexibility index (Phi) is 6.04. The Balaban J connectivity index is 1.81. The number of benzene rings is 1. The summed E-state index contributed by atoms with van der Waals surface area (Å²) in [6.07, 6.45) is 1.99. The van der Waals surface area contributed by atoms with E-state index >= 15 is 0 Å². The van der Waals surface area contributed by atoms with Gasteiger partial charge in [0.05, 0.1) is 6.61 Å². The maximum atomic E-state index is 12.6. The summed E-state index contributed by atoms with van der Waals surface area (Å²) in [5.74, 6) is 0.882. The molecule has 0 aromatic heterocycles. The zero-order chi connectivity index (χ0) is 17.9. The Hall–Kier alpha value is -1.08. The minimum absolute atomic E-state index is 0.00889. The molecule has 0 aliphatic carbocycles. The smallest absolute Gasteiger partial charge is 0.222 e. The summed E-state index contributed by atoms with van der Waals surface area (Å²) in [6, 6.07) is 5.75. The van der Waals surface area contributed by atoms with Gasteiger partial charge in [0.1, 0.15) is 5.75 Å². The minimum atomic E-state index is -0.631. The molecule has 2 atom stereocenters. The van der Waals surface area contributed by atoms with Gasteiger partial charge in [0.15, 0.2) is 12.4 Å². The summed E-state index contributed by atoms with van der Waals surface area (Å²) in [5.41, 5.74) is 1.76. The Morgan fingerprint density at radius 3 is 2.96 bits per heavy atom. The summed E-state index contributed by atoms with van der Waals surface area (Å²) in [4.78, 5) is 12.6. The second-order valence-corrected chi connectivity index (χ2v) is 7.99. The van der Waals surface area contributed by atoms with Crippen molar-refractivity contribution in [1.29, 1.82) is 0 Å². The first kappa shape index (κ1) is 18.7. The third-order valence-corrected chi connectivity index (χ3v) is 5.03. The summed E-state index contributed by atoms with van der Waals surface area (Å²) in [5, 5.41) is 0.00889. The molecule has 3 rings (SSSR count). The molecule has 0 N–H and O–H groups in total. The summed E-state index contributed by atoms with van der Waals surface area (Å²) in [7, 11) is 0. The van der Waals surface area contributed by atoms with Gasteiger partial charge >= 0.3 is 0 Å². The van der Waals surface area contributed by atoms with Crippen LogP contribution in [-0.4, -0.2) is 29.6 Å². The first-order valence-electron chi connectivity index (χ1n) is 8.88. The molecular formula is C19H26O5S. The van der Waals surface area contributed by atoms with Crippen molar-refractivity contribution in [3.05, 3.63) is 29.3 Å². The Morgan fingerprint density at radius 1 is 1.40 bits per heavy atom. The van der Waals surface area contributed by atoms with E-state index in [1.165, 1.54) is 11.8 Å². The van der Waals surface area contributed by atoms with E-state index in [1.54, 1.807) is 0 Å². The van der Waals surface area contributed by atoms with Gasteiger partial charge in [0.2, 0.25) is 10.9 Å². The molecule has 2 aliphatic rings. The Morgan fingerprint density at radius 2 is 2.24 bits per heavy atom. The predicted molar refractivity (Wildman–Crippen MR) is 96.5 cm³/mol. The SMILES string of the molecule is CCSC(=O)[C@H](OC1CCCCO1)c1ccc2c(c1)COC(C)(C)O2. The van der Waals surface area contributed by atoms with Gasteiger partial charge in [0, 0.05) is 26.0 Å². The molecule has 5 nitrogen and oxygen atoms in total. The largest absolute Gasteiger partial charge is 0.463 e. The Bertz CT molecular complexity index is 610. The normalized spacial score (nSPS) is 23.4. The number of carbonyl (C=O) groups is 1. The average Bonchev–Trinajstić information content (AvgIpc) is 2.60. The summed E-state index contributed by atoms with van der Waals surface area (Å²) >= 11 is 1.28. The van der Waals surface area contributed by atoms with Crippen molar-refractivity contribution < 1.29 is 23.7 Å². The number of hydrogen-bond donors (Lipinski definition) is 0. The Labute approximate surface area is 153 Å². The number of fused-ring (bicyclic) bond motifs is 1. The van der Waals surface area contributed by atoms with Gasteiger partial charge in [-0.1, -0.05) is 24.8 Å². The van der Waals surface area contributed by atoms with Crippen LogP contribution in [0.5, 0.6) is 5.75 Å². The lowest BCUT2D eigenvalue weighted by Crippen LogP contribution is -2.35. The monoisotopic (exact) mass is 366 g/mol. The molecule has 1 aromatic carbocycles. The van der Waals surface area contributed by atoms with E-state index in [9.17, 15) is 4.79 Å². The molecule has 0 amide bonds. The first-order chi connectivity index (χ1) is 12.0. The van der Waals surface area contributed by atoms with Crippen LogP contribution in [0.4, 0.5) is 0 Å². The van der Waals surface area contributed by atoms with E-state index in [2.05, 4.69) is 0 Å². The molecule has 1 aromatic rings. The number of hydrogen-bond acceptors (Lipinski definition) is 6.